The number of anilines is 1. The van der Waals surface area contributed by atoms with Gasteiger partial charge in [-0.15, -0.1) is 5.10 Å². The Morgan fingerprint density at radius 3 is 2.08 bits per heavy atom. The normalized spacial score (nSPS) is 26.5. The Bertz CT molecular complexity index is 4320. The lowest BCUT2D eigenvalue weighted by molar-refractivity contribution is -0.265. The molecule has 5 aromatic rings. The van der Waals surface area contributed by atoms with Gasteiger partial charge in [0.15, 0.2) is 11.4 Å². The quantitative estimate of drug-likeness (QED) is 0.00917. The summed E-state index contributed by atoms with van der Waals surface area (Å²) in [5.74, 6) is -7.90. The Hall–Kier alpha value is -8.21. The molecule has 0 radical (unpaired) electrons. The molecular formula is C92H139N11O24. The summed E-state index contributed by atoms with van der Waals surface area (Å²) in [5.41, 5.74) is 11.0. The number of rotatable bonds is 45. The number of methoxy groups -OCH3 is 3. The van der Waals surface area contributed by atoms with Gasteiger partial charge >= 0.3 is 5.97 Å². The van der Waals surface area contributed by atoms with Gasteiger partial charge in [-0.05, 0) is 144 Å². The fourth-order valence-corrected chi connectivity index (χ4v) is 16.5. The molecule has 127 heavy (non-hydrogen) atoms. The molecule has 9 rings (SSSR count). The van der Waals surface area contributed by atoms with Gasteiger partial charge in [0, 0.05) is 88.9 Å². The van der Waals surface area contributed by atoms with E-state index in [9.17, 15) is 44.1 Å². The first kappa shape index (κ1) is 103. The fourth-order valence-electron chi connectivity index (χ4n) is 16.5. The molecule has 2 amide bonds. The van der Waals surface area contributed by atoms with E-state index >= 15 is 0 Å². The van der Waals surface area contributed by atoms with Gasteiger partial charge in [0.25, 0.3) is 11.7 Å². The number of nitrogen functional groups attached to an aromatic ring is 1. The number of aliphatic hydroxyl groups is 2. The summed E-state index contributed by atoms with van der Waals surface area (Å²) >= 11 is 0. The predicted molar refractivity (Wildman–Crippen MR) is 471 cm³/mol. The van der Waals surface area contributed by atoms with Crippen LogP contribution in [-0.4, -0.2) is 303 Å². The first-order chi connectivity index (χ1) is 61.4. The number of ether oxygens (including phenoxy) is 15. The number of aryl methyl sites for hydroxylation is 1. The molecule has 706 valence electrons. The number of aromatic nitrogens is 8. The highest BCUT2D eigenvalue weighted by Crippen LogP contribution is 2.40. The third-order valence-electron chi connectivity index (χ3n) is 23.9. The number of nitrogens with zero attached hydrogens (tertiary/aromatic N) is 8. The predicted octanol–water partition coefficient (Wildman–Crippen LogP) is 8.71. The lowest BCUT2D eigenvalue weighted by Crippen LogP contribution is -2.61. The number of Topliss-reactive ketones (excluding diaryl/α,β-unsaturated/α-hetero) is 3. The largest absolute Gasteiger partial charge is 0.508 e. The van der Waals surface area contributed by atoms with E-state index in [1.165, 1.54) is 18.3 Å². The molecule has 35 heteroatoms. The number of hydrogen-bond donors (Lipinski definition) is 6. The monoisotopic (exact) mass is 1780 g/mol. The summed E-state index contributed by atoms with van der Waals surface area (Å²) in [6, 6.07) is 5.83. The highest BCUT2D eigenvalue weighted by Gasteiger charge is 2.53. The van der Waals surface area contributed by atoms with Crippen molar-refractivity contribution in [1.82, 2.24) is 49.9 Å². The van der Waals surface area contributed by atoms with Crippen molar-refractivity contribution in [3.05, 3.63) is 90.1 Å². The van der Waals surface area contributed by atoms with Gasteiger partial charge in [0.2, 0.25) is 11.7 Å². The summed E-state index contributed by atoms with van der Waals surface area (Å²) in [7, 11) is 4.61. The number of aromatic hydroxyl groups is 1. The molecule has 7 heterocycles. The molecule has 1 aromatic carbocycles. The Morgan fingerprint density at radius 1 is 0.724 bits per heavy atom. The number of allylic oxidation sites excluding steroid dienone is 6. The second kappa shape index (κ2) is 54.4. The van der Waals surface area contributed by atoms with Crippen molar-refractivity contribution < 1.29 is 115 Å². The van der Waals surface area contributed by atoms with Gasteiger partial charge in [-0.1, -0.05) is 76.3 Å². The zero-order valence-electron chi connectivity index (χ0n) is 76.0. The molecule has 2 saturated heterocycles. The standard InChI is InChI=1S/C92H139N11O24/c1-61-18-12-11-13-19-62(2)78(113-8)56-72-24-21-67(7)92(112,127-72)87(109)90(110)102-29-16-14-20-75(102)91(111)126-79(57-76(105)63(3)51-66(6)85(108)86(115-10)84(107)65(5)50-61)64(4)52-68-22-26-77(80(53-68)114-9)125-49-48-124-59-70-58-101(100-98-70)31-33-117-35-37-119-39-41-121-43-45-123-47-46-122-44-42-120-40-38-118-36-34-116-32-27-81(106)94-28-15-17-30-103-89-82(88(93)95-60-96-89)83(99-103)74-55-69-54-71(104)23-25-73(69)97-74/h11-13,18-19,23,25,51,54-55,58,60-61,63-65,67-68,72,75,77-80,85-86,97,104,108,112H,14-17,20-22,24,26-50,52-53,56-57,59H2,1-10H3,(H,94,106)(H2,93,95,96)/b13-11+,18-12+,62-19+,66-51+/t61-,63-,64-,65-,67-,68+,72+,75+,77-,78+,79+,80-,85-,86+,92-/m1/s1. The minimum Gasteiger partial charge on any atom is -0.508 e. The average molecular weight is 1780 g/mol. The first-order valence-electron chi connectivity index (χ1n) is 45.1. The summed E-state index contributed by atoms with van der Waals surface area (Å²) in [4.78, 5) is 97.8. The fraction of sp³-hybridized carbons (Fsp3) is 0.685. The third-order valence-corrected chi connectivity index (χ3v) is 23.9. The number of ketones is 3. The van der Waals surface area contributed by atoms with E-state index in [0.29, 0.717) is 224 Å². The molecule has 15 atom stereocenters. The zero-order chi connectivity index (χ0) is 91.0. The molecule has 0 spiro atoms. The van der Waals surface area contributed by atoms with Gasteiger partial charge in [-0.2, -0.15) is 5.10 Å². The van der Waals surface area contributed by atoms with E-state index in [1.807, 2.05) is 70.3 Å². The van der Waals surface area contributed by atoms with Crippen molar-refractivity contribution in [2.75, 3.05) is 159 Å². The summed E-state index contributed by atoms with van der Waals surface area (Å²) < 4.78 is 91.0. The molecule has 1 aliphatic carbocycles. The van der Waals surface area contributed by atoms with Gasteiger partial charge in [-0.3, -0.25) is 24.0 Å². The molecule has 4 aromatic heterocycles. The van der Waals surface area contributed by atoms with Crippen molar-refractivity contribution >= 4 is 62.9 Å². The molecule has 1 saturated carbocycles. The van der Waals surface area contributed by atoms with Crippen LogP contribution in [0.1, 0.15) is 150 Å². The third kappa shape index (κ3) is 32.4. The van der Waals surface area contributed by atoms with Crippen LogP contribution in [0, 0.1) is 35.5 Å². The van der Waals surface area contributed by atoms with E-state index in [1.54, 1.807) is 68.6 Å². The molecule has 7 N–H and O–H groups in total. The average Bonchev–Trinajstić information content (AvgIpc) is 1.76. The van der Waals surface area contributed by atoms with Crippen molar-refractivity contribution in [3.8, 4) is 17.1 Å². The molecule has 3 aliphatic heterocycles. The number of nitrogens with two attached hydrogens (primary N) is 1. The van der Waals surface area contributed by atoms with E-state index in [-0.39, 0.29) is 92.2 Å². The number of phenolic OH excluding ortho intramolecular Hbond substituents is 1. The Morgan fingerprint density at radius 2 is 1.40 bits per heavy atom. The zero-order valence-corrected chi connectivity index (χ0v) is 76.0. The second-order valence-corrected chi connectivity index (χ2v) is 33.6. The van der Waals surface area contributed by atoms with Crippen LogP contribution in [0.15, 0.2) is 84.4 Å². The summed E-state index contributed by atoms with van der Waals surface area (Å²) in [5, 5.41) is 51.4. The van der Waals surface area contributed by atoms with Crippen LogP contribution < -0.4 is 11.1 Å². The number of nitrogens with one attached hydrogen (secondary N) is 2. The number of cyclic esters (lactones) is 1. The molecule has 35 nitrogen and oxygen atoms in total. The summed E-state index contributed by atoms with van der Waals surface area (Å²) in [6.07, 6.45) is 16.3. The topological polar surface area (TPSA) is 433 Å². The van der Waals surface area contributed by atoms with Crippen LogP contribution in [0.2, 0.25) is 0 Å². The lowest BCUT2D eigenvalue weighted by atomic mass is 9.78. The molecular weight excluding hydrogens is 1640 g/mol. The Kier molecular flexibility index (Phi) is 43.9. The Balaban J connectivity index is 0.586. The number of benzene rings is 1. The maximum Gasteiger partial charge on any atom is 0.329 e. The Labute approximate surface area is 745 Å². The molecule has 2 bridgehead atoms. The van der Waals surface area contributed by atoms with Crippen molar-refractivity contribution in [3.63, 3.8) is 0 Å². The number of carbonyl (C=O) groups excluding carboxylic acids is 6. The number of carbonyl (C=O) groups is 6. The number of piperidine rings is 1. The highest BCUT2D eigenvalue weighted by atomic mass is 16.6. The maximum absolute atomic E-state index is 14.8. The first-order valence-corrected chi connectivity index (χ1v) is 45.1. The van der Waals surface area contributed by atoms with Gasteiger partial charge in [0.05, 0.1) is 174 Å². The highest BCUT2D eigenvalue weighted by molar-refractivity contribution is 6.39. The summed E-state index contributed by atoms with van der Waals surface area (Å²) in [6.45, 7) is 21.6. The molecule has 4 aliphatic rings. The molecule has 3 fully saturated rings. The SMILES string of the molecule is CO[C@H]1C[C@@H]2CC[C@@H](C)[C@@](O)(O2)C(=O)C(=O)N2CCCC[C@H]2C(=O)O[C@H]([C@H](C)C[C@@H]2CC[C@@H](OCCOCc3cn(CCOCCOCCOCCOCCOCCOCCOCCOCCC(=O)NCCCCn4nc(-c5cc6cc(O)ccc6[nH]5)c5c(N)ncnc54)nn3)[C@H](OC)C2)CC(=O)[C@H](C)/C=C(\C)[C@@H](O)[C@@H](OC)C(=O)[C@H](C)C[C@H](C)/C=C/C=C/C=C/1C. The minimum atomic E-state index is -2.47. The van der Waals surface area contributed by atoms with Crippen LogP contribution in [-0.2, 0) is 120 Å². The number of hydrogen-bond acceptors (Lipinski definition) is 30. The van der Waals surface area contributed by atoms with Crippen LogP contribution in [0.5, 0.6) is 5.75 Å². The number of aromatic amines is 1. The van der Waals surface area contributed by atoms with Crippen LogP contribution in [0.3, 0.4) is 0 Å². The van der Waals surface area contributed by atoms with E-state index in [0.717, 1.165) is 41.4 Å². The minimum absolute atomic E-state index is 0.00920. The van der Waals surface area contributed by atoms with Crippen LogP contribution in [0.25, 0.3) is 33.3 Å². The number of unbranched alkanes of at least 4 members (excludes halogenated alkanes) is 1. The smallest absolute Gasteiger partial charge is 0.329 e. The van der Waals surface area contributed by atoms with Crippen molar-refractivity contribution in [2.45, 2.75) is 219 Å². The van der Waals surface area contributed by atoms with E-state index in [4.69, 9.17) is 81.9 Å². The van der Waals surface area contributed by atoms with Crippen LogP contribution >= 0.6 is 0 Å². The van der Waals surface area contributed by atoms with Crippen LogP contribution in [0.4, 0.5) is 5.82 Å². The van der Waals surface area contributed by atoms with Gasteiger partial charge in [0.1, 0.15) is 59.4 Å². The second-order valence-electron chi connectivity index (χ2n) is 33.6. The van der Waals surface area contributed by atoms with Gasteiger partial charge in [-0.25, -0.2) is 24.1 Å². The number of H-pyrrole nitrogens is 1. The van der Waals surface area contributed by atoms with Crippen molar-refractivity contribution in [2.24, 2.45) is 35.5 Å². The van der Waals surface area contributed by atoms with E-state index in [2.05, 4.69) is 30.6 Å². The number of fused-ring (bicyclic) bond motifs is 5. The maximum atomic E-state index is 14.8. The molecule has 0 unspecified atom stereocenters. The number of esters is 1. The number of amides is 2. The number of aliphatic hydroxyl groups excluding tert-OH is 1. The van der Waals surface area contributed by atoms with E-state index < -0.39 is 77.8 Å². The van der Waals surface area contributed by atoms with Gasteiger partial charge < -0.3 is 107 Å². The lowest BCUT2D eigenvalue weighted by Gasteiger charge is -2.42. The number of phenols is 1. The van der Waals surface area contributed by atoms with Crippen molar-refractivity contribution in [1.29, 1.82) is 0 Å².